The first-order valence-corrected chi connectivity index (χ1v) is 8.76. The summed E-state index contributed by atoms with van der Waals surface area (Å²) in [5.74, 6) is -0.0292. The Labute approximate surface area is 130 Å². The maximum atomic E-state index is 11.4. The molecule has 0 aromatic carbocycles. The molecule has 0 rings (SSSR count). The molecule has 4 heteroatoms. The molecule has 126 valence electrons. The van der Waals surface area contributed by atoms with Gasteiger partial charge in [-0.25, -0.2) is 0 Å². The summed E-state index contributed by atoms with van der Waals surface area (Å²) in [5.41, 5.74) is 0. The van der Waals surface area contributed by atoms with E-state index < -0.39 is 6.10 Å². The summed E-state index contributed by atoms with van der Waals surface area (Å²) in [6.07, 6.45) is 13.7. The van der Waals surface area contributed by atoms with Gasteiger partial charge < -0.3 is 15.5 Å². The van der Waals surface area contributed by atoms with Crippen LogP contribution in [0.3, 0.4) is 0 Å². The topological polar surface area (TPSA) is 69.6 Å². The normalized spacial score (nSPS) is 12.3. The number of unbranched alkanes of at least 4 members (excludes halogenated alkanes) is 10. The van der Waals surface area contributed by atoms with Crippen molar-refractivity contribution in [1.82, 2.24) is 5.32 Å². The third-order valence-electron chi connectivity index (χ3n) is 3.75. The highest BCUT2D eigenvalue weighted by Crippen LogP contribution is 2.11. The van der Waals surface area contributed by atoms with Gasteiger partial charge in [0.1, 0.15) is 0 Å². The summed E-state index contributed by atoms with van der Waals surface area (Å²) >= 11 is 0. The molecule has 0 fully saturated rings. The summed E-state index contributed by atoms with van der Waals surface area (Å²) in [5, 5.41) is 20.3. The van der Waals surface area contributed by atoms with Gasteiger partial charge in [-0.3, -0.25) is 4.79 Å². The molecule has 0 saturated carbocycles. The van der Waals surface area contributed by atoms with E-state index in [-0.39, 0.29) is 19.1 Å². The van der Waals surface area contributed by atoms with Crippen molar-refractivity contribution in [2.75, 3.05) is 13.2 Å². The smallest absolute Gasteiger partial charge is 0.220 e. The molecule has 0 aliphatic rings. The van der Waals surface area contributed by atoms with Crippen molar-refractivity contribution >= 4 is 5.91 Å². The average Bonchev–Trinajstić information content (AvgIpc) is 2.50. The zero-order chi connectivity index (χ0) is 15.8. The molecule has 0 aliphatic heterocycles. The maximum absolute atomic E-state index is 11.4. The van der Waals surface area contributed by atoms with Crippen LogP contribution in [0.1, 0.15) is 84.0 Å². The lowest BCUT2D eigenvalue weighted by Gasteiger charge is -2.08. The second-order valence-electron chi connectivity index (χ2n) is 5.93. The summed E-state index contributed by atoms with van der Waals surface area (Å²) in [6, 6.07) is 0. The van der Waals surface area contributed by atoms with Crippen LogP contribution in [0.15, 0.2) is 0 Å². The van der Waals surface area contributed by atoms with E-state index >= 15 is 0 Å². The van der Waals surface area contributed by atoms with E-state index in [9.17, 15) is 4.79 Å². The van der Waals surface area contributed by atoms with Gasteiger partial charge in [0.05, 0.1) is 12.7 Å². The molecule has 1 atom stereocenters. The van der Waals surface area contributed by atoms with Crippen molar-refractivity contribution in [3.8, 4) is 0 Å². The number of rotatable bonds is 15. The molecule has 0 bridgehead atoms. The van der Waals surface area contributed by atoms with Gasteiger partial charge in [-0.2, -0.15) is 0 Å². The molecule has 21 heavy (non-hydrogen) atoms. The molecular formula is C17H35NO3. The zero-order valence-electron chi connectivity index (χ0n) is 13.8. The fourth-order valence-corrected chi connectivity index (χ4v) is 2.33. The van der Waals surface area contributed by atoms with Gasteiger partial charge in [0.15, 0.2) is 0 Å². The van der Waals surface area contributed by atoms with E-state index in [0.29, 0.717) is 6.42 Å². The van der Waals surface area contributed by atoms with Gasteiger partial charge in [0.2, 0.25) is 5.91 Å². The van der Waals surface area contributed by atoms with Crippen LogP contribution >= 0.6 is 0 Å². The number of nitrogens with one attached hydrogen (secondary N) is 1. The maximum Gasteiger partial charge on any atom is 0.220 e. The molecule has 4 nitrogen and oxygen atoms in total. The number of hydrogen-bond donors (Lipinski definition) is 3. The summed E-state index contributed by atoms with van der Waals surface area (Å²) < 4.78 is 0. The van der Waals surface area contributed by atoms with Crippen LogP contribution < -0.4 is 5.32 Å². The predicted octanol–water partition coefficient (Wildman–Crippen LogP) is 3.16. The van der Waals surface area contributed by atoms with Crippen molar-refractivity contribution < 1.29 is 15.0 Å². The van der Waals surface area contributed by atoms with Crippen LogP contribution in [0.5, 0.6) is 0 Å². The van der Waals surface area contributed by atoms with Crippen molar-refractivity contribution in [2.24, 2.45) is 0 Å². The quantitative estimate of drug-likeness (QED) is 0.407. The first kappa shape index (κ1) is 20.4. The largest absolute Gasteiger partial charge is 0.394 e. The minimum absolute atomic E-state index is 0.0292. The number of hydrogen-bond acceptors (Lipinski definition) is 3. The van der Waals surface area contributed by atoms with Crippen molar-refractivity contribution in [2.45, 2.75) is 90.1 Å². The zero-order valence-corrected chi connectivity index (χ0v) is 13.8. The number of carbonyl (C=O) groups is 1. The van der Waals surface area contributed by atoms with Crippen molar-refractivity contribution in [1.29, 1.82) is 0 Å². The van der Waals surface area contributed by atoms with Crippen LogP contribution in [-0.4, -0.2) is 35.4 Å². The summed E-state index contributed by atoms with van der Waals surface area (Å²) in [6.45, 7) is 2.08. The van der Waals surface area contributed by atoms with Gasteiger partial charge >= 0.3 is 0 Å². The highest BCUT2D eigenvalue weighted by atomic mass is 16.3. The van der Waals surface area contributed by atoms with Gasteiger partial charge in [-0.15, -0.1) is 0 Å². The summed E-state index contributed by atoms with van der Waals surface area (Å²) in [4.78, 5) is 11.4. The van der Waals surface area contributed by atoms with E-state index in [4.69, 9.17) is 10.2 Å². The minimum atomic E-state index is -0.841. The molecule has 0 aromatic heterocycles. The van der Waals surface area contributed by atoms with Gasteiger partial charge in [-0.1, -0.05) is 71.1 Å². The third-order valence-corrected chi connectivity index (χ3v) is 3.75. The Morgan fingerprint density at radius 3 is 1.86 bits per heavy atom. The number of aliphatic hydroxyl groups excluding tert-OH is 2. The Morgan fingerprint density at radius 1 is 0.905 bits per heavy atom. The summed E-state index contributed by atoms with van der Waals surface area (Å²) in [7, 11) is 0. The molecule has 0 aromatic rings. The molecule has 0 radical (unpaired) electrons. The molecule has 0 heterocycles. The van der Waals surface area contributed by atoms with E-state index in [0.717, 1.165) is 12.8 Å². The molecule has 0 saturated heterocycles. The number of aliphatic hydroxyl groups is 2. The van der Waals surface area contributed by atoms with Crippen LogP contribution in [-0.2, 0) is 4.79 Å². The molecule has 1 amide bonds. The Balaban J connectivity index is 3.16. The average molecular weight is 301 g/mol. The fraction of sp³-hybridized carbons (Fsp3) is 0.941. The lowest BCUT2D eigenvalue weighted by atomic mass is 10.1. The predicted molar refractivity (Wildman–Crippen MR) is 87.2 cm³/mol. The second-order valence-corrected chi connectivity index (χ2v) is 5.93. The van der Waals surface area contributed by atoms with Gasteiger partial charge in [0, 0.05) is 13.0 Å². The molecular weight excluding hydrogens is 266 g/mol. The van der Waals surface area contributed by atoms with E-state index in [1.165, 1.54) is 57.8 Å². The molecule has 0 aliphatic carbocycles. The van der Waals surface area contributed by atoms with Crippen LogP contribution in [0.4, 0.5) is 0 Å². The van der Waals surface area contributed by atoms with E-state index in [1.807, 2.05) is 0 Å². The fourth-order valence-electron chi connectivity index (χ4n) is 2.33. The Hall–Kier alpha value is -0.610. The minimum Gasteiger partial charge on any atom is -0.394 e. The molecule has 0 spiro atoms. The molecule has 1 unspecified atom stereocenters. The van der Waals surface area contributed by atoms with Gasteiger partial charge in [0.25, 0.3) is 0 Å². The van der Waals surface area contributed by atoms with E-state index in [1.54, 1.807) is 0 Å². The third kappa shape index (κ3) is 15.6. The van der Waals surface area contributed by atoms with Crippen LogP contribution in [0.2, 0.25) is 0 Å². The monoisotopic (exact) mass is 301 g/mol. The van der Waals surface area contributed by atoms with Crippen molar-refractivity contribution in [3.63, 3.8) is 0 Å². The highest BCUT2D eigenvalue weighted by molar-refractivity contribution is 5.75. The first-order chi connectivity index (χ1) is 10.2. The number of carbonyl (C=O) groups excluding carboxylic acids is 1. The van der Waals surface area contributed by atoms with Crippen LogP contribution in [0.25, 0.3) is 0 Å². The standard InChI is InChI=1S/C17H35NO3/c1-2-3-4-5-6-7-8-9-10-11-12-13-17(21)18-14-16(20)15-19/h16,19-20H,2-15H2,1H3,(H,18,21). The lowest BCUT2D eigenvalue weighted by molar-refractivity contribution is -0.121. The van der Waals surface area contributed by atoms with E-state index in [2.05, 4.69) is 12.2 Å². The first-order valence-electron chi connectivity index (χ1n) is 8.76. The Morgan fingerprint density at radius 2 is 1.38 bits per heavy atom. The highest BCUT2D eigenvalue weighted by Gasteiger charge is 2.05. The Kier molecular flexibility index (Phi) is 15.3. The Bertz CT molecular complexity index is 234. The lowest BCUT2D eigenvalue weighted by Crippen LogP contribution is -2.33. The SMILES string of the molecule is CCCCCCCCCCCCCC(=O)NCC(O)CO. The molecule has 3 N–H and O–H groups in total. The van der Waals surface area contributed by atoms with Crippen molar-refractivity contribution in [3.05, 3.63) is 0 Å². The van der Waals surface area contributed by atoms with Gasteiger partial charge in [-0.05, 0) is 6.42 Å². The number of amides is 1. The van der Waals surface area contributed by atoms with Crippen LogP contribution in [0, 0.1) is 0 Å². The second kappa shape index (κ2) is 15.8.